The highest BCUT2D eigenvalue weighted by molar-refractivity contribution is 7.16. The lowest BCUT2D eigenvalue weighted by atomic mass is 10.2. The largest absolute Gasteiger partial charge is 0.472 e. The van der Waals surface area contributed by atoms with Gasteiger partial charge in [0, 0.05) is 19.2 Å². The average Bonchev–Trinajstić information content (AvgIpc) is 3.31. The molecule has 0 aromatic carbocycles. The molecule has 4 rings (SSSR count). The summed E-state index contributed by atoms with van der Waals surface area (Å²) in [6.07, 6.45) is 2.10. The summed E-state index contributed by atoms with van der Waals surface area (Å²) in [4.78, 5) is 25.9. The van der Waals surface area contributed by atoms with Crippen LogP contribution in [0.15, 0.2) is 35.8 Å². The Hall–Kier alpha value is -2.58. The summed E-state index contributed by atoms with van der Waals surface area (Å²) < 4.78 is 10.9. The Morgan fingerprint density at radius 3 is 3.04 bits per heavy atom. The van der Waals surface area contributed by atoms with Crippen molar-refractivity contribution in [2.24, 2.45) is 0 Å². The Balaban J connectivity index is 1.63. The minimum atomic E-state index is -0.343. The first-order chi connectivity index (χ1) is 12.2. The van der Waals surface area contributed by atoms with Crippen molar-refractivity contribution >= 4 is 27.5 Å². The lowest BCUT2D eigenvalue weighted by molar-refractivity contribution is -0.142. The summed E-state index contributed by atoms with van der Waals surface area (Å²) in [5, 5.41) is 5.94. The van der Waals surface area contributed by atoms with Gasteiger partial charge in [-0.3, -0.25) is 9.78 Å². The third-order valence-corrected chi connectivity index (χ3v) is 4.85. The van der Waals surface area contributed by atoms with E-state index in [9.17, 15) is 4.79 Å². The van der Waals surface area contributed by atoms with E-state index >= 15 is 0 Å². The number of hydrogen-bond acceptors (Lipinski definition) is 8. The Labute approximate surface area is 148 Å². The molecule has 0 radical (unpaired) electrons. The zero-order valence-corrected chi connectivity index (χ0v) is 14.3. The summed E-state index contributed by atoms with van der Waals surface area (Å²) in [7, 11) is 1.39. The molecule has 25 heavy (non-hydrogen) atoms. The highest BCUT2D eigenvalue weighted by Crippen LogP contribution is 2.30. The molecule has 128 valence electrons. The number of esters is 1. The van der Waals surface area contributed by atoms with Gasteiger partial charge < -0.3 is 14.8 Å². The van der Waals surface area contributed by atoms with Crippen LogP contribution in [-0.2, 0) is 9.53 Å². The maximum atomic E-state index is 11.6. The van der Waals surface area contributed by atoms with Gasteiger partial charge in [0.15, 0.2) is 5.82 Å². The first-order valence-corrected chi connectivity index (χ1v) is 8.77. The number of nitrogens with zero attached hydrogens (tertiary/aromatic N) is 3. The van der Waals surface area contributed by atoms with E-state index in [2.05, 4.69) is 20.3 Å². The van der Waals surface area contributed by atoms with Crippen LogP contribution in [0.3, 0.4) is 0 Å². The Bertz CT molecular complexity index is 899. The molecule has 1 aliphatic heterocycles. The Kier molecular flexibility index (Phi) is 4.29. The lowest BCUT2D eigenvalue weighted by Crippen LogP contribution is -2.31. The van der Waals surface area contributed by atoms with Crippen molar-refractivity contribution in [2.45, 2.75) is 18.6 Å². The molecule has 0 saturated carbocycles. The van der Waals surface area contributed by atoms with Crippen LogP contribution in [0.25, 0.3) is 21.7 Å². The van der Waals surface area contributed by atoms with Crippen LogP contribution >= 0.6 is 11.3 Å². The number of nitrogens with one attached hydrogen (secondary N) is 1. The molecule has 0 spiro atoms. The van der Waals surface area contributed by atoms with Crippen molar-refractivity contribution < 1.29 is 14.3 Å². The van der Waals surface area contributed by atoms with E-state index in [0.717, 1.165) is 10.2 Å². The normalized spacial score (nSPS) is 19.9. The molecule has 0 unspecified atom stereocenters. The predicted octanol–water partition coefficient (Wildman–Crippen LogP) is 2.04. The second-order valence-electron chi connectivity index (χ2n) is 5.67. The minimum absolute atomic E-state index is 0.154. The molecule has 0 amide bonds. The smallest absolute Gasteiger partial charge is 0.323 e. The lowest BCUT2D eigenvalue weighted by Gasteiger charge is -2.13. The zero-order chi connectivity index (χ0) is 17.2. The van der Waals surface area contributed by atoms with Gasteiger partial charge in [0.25, 0.3) is 0 Å². The molecule has 1 saturated heterocycles. The maximum Gasteiger partial charge on any atom is 0.323 e. The van der Waals surface area contributed by atoms with Crippen molar-refractivity contribution in [3.8, 4) is 17.4 Å². The summed E-state index contributed by atoms with van der Waals surface area (Å²) >= 11 is 1.53. The fourth-order valence-corrected chi connectivity index (χ4v) is 3.55. The van der Waals surface area contributed by atoms with Crippen molar-refractivity contribution in [1.82, 2.24) is 20.3 Å². The zero-order valence-electron chi connectivity index (χ0n) is 13.5. The van der Waals surface area contributed by atoms with Crippen LogP contribution in [0.5, 0.6) is 5.88 Å². The van der Waals surface area contributed by atoms with Gasteiger partial charge in [-0.25, -0.2) is 4.98 Å². The van der Waals surface area contributed by atoms with Gasteiger partial charge in [-0.15, -0.1) is 11.3 Å². The van der Waals surface area contributed by atoms with Crippen LogP contribution in [0.4, 0.5) is 0 Å². The molecule has 1 fully saturated rings. The average molecular weight is 356 g/mol. The van der Waals surface area contributed by atoms with E-state index in [1.54, 1.807) is 6.20 Å². The number of rotatable bonds is 4. The van der Waals surface area contributed by atoms with E-state index < -0.39 is 0 Å². The quantitative estimate of drug-likeness (QED) is 0.716. The number of thiophene rings is 1. The Morgan fingerprint density at radius 1 is 1.32 bits per heavy atom. The third kappa shape index (κ3) is 3.18. The predicted molar refractivity (Wildman–Crippen MR) is 93.5 cm³/mol. The molecule has 1 N–H and O–H groups in total. The number of carbonyl (C=O) groups excluding carboxylic acids is 1. The molecular formula is C17H16N4O3S. The van der Waals surface area contributed by atoms with Crippen LogP contribution in [0.1, 0.15) is 6.42 Å². The van der Waals surface area contributed by atoms with Crippen molar-refractivity contribution in [3.05, 3.63) is 35.8 Å². The van der Waals surface area contributed by atoms with Crippen LogP contribution in [0.2, 0.25) is 0 Å². The maximum absolute atomic E-state index is 11.6. The molecule has 3 aromatic rings. The van der Waals surface area contributed by atoms with Crippen LogP contribution in [0, 0.1) is 0 Å². The number of methoxy groups -OCH3 is 1. The van der Waals surface area contributed by atoms with Crippen molar-refractivity contribution in [2.75, 3.05) is 13.7 Å². The number of carbonyl (C=O) groups is 1. The van der Waals surface area contributed by atoms with Crippen LogP contribution in [-0.4, -0.2) is 46.7 Å². The molecule has 3 aromatic heterocycles. The summed E-state index contributed by atoms with van der Waals surface area (Å²) in [5.41, 5.74) is 0.694. The SMILES string of the molecule is COC(=O)[C@@H]1C[C@@H](Oc2nc(-c3ccccn3)nc3sccc23)CN1. The molecule has 4 heterocycles. The fraction of sp³-hybridized carbons (Fsp3) is 0.294. The molecule has 0 aliphatic carbocycles. The number of fused-ring (bicyclic) bond motifs is 1. The van der Waals surface area contributed by atoms with Crippen molar-refractivity contribution in [1.29, 1.82) is 0 Å². The third-order valence-electron chi connectivity index (χ3n) is 4.04. The summed E-state index contributed by atoms with van der Waals surface area (Å²) in [5.74, 6) is 0.772. The molecule has 2 atom stereocenters. The van der Waals surface area contributed by atoms with Gasteiger partial charge in [0.1, 0.15) is 22.7 Å². The molecule has 8 heteroatoms. The summed E-state index contributed by atoms with van der Waals surface area (Å²) in [6.45, 7) is 0.564. The van der Waals surface area contributed by atoms with Gasteiger partial charge in [-0.2, -0.15) is 4.98 Å². The van der Waals surface area contributed by atoms with E-state index in [-0.39, 0.29) is 18.1 Å². The second kappa shape index (κ2) is 6.73. The van der Waals surface area contributed by atoms with Gasteiger partial charge >= 0.3 is 5.97 Å². The molecule has 1 aliphatic rings. The van der Waals surface area contributed by atoms with Crippen molar-refractivity contribution in [3.63, 3.8) is 0 Å². The van der Waals surface area contributed by atoms with Gasteiger partial charge in [-0.1, -0.05) is 6.07 Å². The van der Waals surface area contributed by atoms with Gasteiger partial charge in [-0.05, 0) is 23.6 Å². The van der Waals surface area contributed by atoms with E-state index in [0.29, 0.717) is 30.4 Å². The van der Waals surface area contributed by atoms with Gasteiger partial charge in [0.2, 0.25) is 5.88 Å². The van der Waals surface area contributed by atoms with Gasteiger partial charge in [0.05, 0.1) is 12.5 Å². The highest BCUT2D eigenvalue weighted by Gasteiger charge is 2.32. The fourth-order valence-electron chi connectivity index (χ4n) is 2.80. The molecule has 7 nitrogen and oxygen atoms in total. The second-order valence-corrected chi connectivity index (χ2v) is 6.56. The first kappa shape index (κ1) is 15.9. The highest BCUT2D eigenvalue weighted by atomic mass is 32.1. The van der Waals surface area contributed by atoms with E-state index in [4.69, 9.17) is 9.47 Å². The van der Waals surface area contributed by atoms with E-state index in [1.807, 2.05) is 29.6 Å². The van der Waals surface area contributed by atoms with E-state index in [1.165, 1.54) is 18.4 Å². The topological polar surface area (TPSA) is 86.2 Å². The monoisotopic (exact) mass is 356 g/mol. The van der Waals surface area contributed by atoms with Crippen LogP contribution < -0.4 is 10.1 Å². The number of hydrogen-bond donors (Lipinski definition) is 1. The number of aromatic nitrogens is 3. The number of ether oxygens (including phenoxy) is 2. The minimum Gasteiger partial charge on any atom is -0.472 e. The Morgan fingerprint density at radius 2 is 2.24 bits per heavy atom. The summed E-state index contributed by atoms with van der Waals surface area (Å²) in [6, 6.07) is 7.21. The standard InChI is InChI=1S/C17H16N4O3S/c1-23-17(22)13-8-10(9-19-13)24-15-11-5-7-25-16(11)21-14(20-15)12-4-2-3-6-18-12/h2-7,10,13,19H,8-9H2,1H3/t10-,13+/m1/s1. The molecule has 0 bridgehead atoms. The number of pyridine rings is 1. The first-order valence-electron chi connectivity index (χ1n) is 7.89. The molecular weight excluding hydrogens is 340 g/mol.